The lowest BCUT2D eigenvalue weighted by atomic mass is 10.1. The molecule has 34 heavy (non-hydrogen) atoms. The molecular weight excluding hydrogens is 538 g/mol. The third-order valence-electron chi connectivity index (χ3n) is 4.96. The number of benzene rings is 3. The van der Waals surface area contributed by atoms with E-state index < -0.39 is 0 Å². The minimum Gasteiger partial charge on any atom is -0.490 e. The molecule has 1 fully saturated rings. The first-order chi connectivity index (χ1) is 16.4. The van der Waals surface area contributed by atoms with E-state index in [1.165, 1.54) is 4.90 Å². The molecule has 3 aromatic rings. The molecule has 174 valence electrons. The van der Waals surface area contributed by atoms with Gasteiger partial charge in [-0.15, -0.1) is 0 Å². The fourth-order valence-corrected chi connectivity index (χ4v) is 5.03. The van der Waals surface area contributed by atoms with Crippen LogP contribution >= 0.6 is 39.3 Å². The summed E-state index contributed by atoms with van der Waals surface area (Å²) in [6.07, 6.45) is 1.69. The molecule has 3 aromatic carbocycles. The van der Waals surface area contributed by atoms with E-state index in [1.807, 2.05) is 49.4 Å². The van der Waals surface area contributed by atoms with Crippen LogP contribution in [0.1, 0.15) is 23.6 Å². The molecular formula is C26H21BrClNO4S. The van der Waals surface area contributed by atoms with E-state index in [0.717, 1.165) is 28.5 Å². The van der Waals surface area contributed by atoms with Gasteiger partial charge in [-0.05, 0) is 81.6 Å². The largest absolute Gasteiger partial charge is 0.490 e. The summed E-state index contributed by atoms with van der Waals surface area (Å²) in [4.78, 5) is 27.0. The summed E-state index contributed by atoms with van der Waals surface area (Å²) < 4.78 is 12.5. The van der Waals surface area contributed by atoms with Gasteiger partial charge in [-0.3, -0.25) is 14.5 Å². The number of nitrogens with zero attached hydrogens (tertiary/aromatic N) is 1. The molecule has 1 aliphatic heterocycles. The number of amides is 2. The van der Waals surface area contributed by atoms with Gasteiger partial charge in [0.25, 0.3) is 11.1 Å². The first kappa shape index (κ1) is 24.4. The van der Waals surface area contributed by atoms with Crippen molar-refractivity contribution in [1.82, 2.24) is 4.90 Å². The summed E-state index contributed by atoms with van der Waals surface area (Å²) in [5, 5.41) is 0.242. The third kappa shape index (κ3) is 5.84. The van der Waals surface area contributed by atoms with Crippen LogP contribution in [0.4, 0.5) is 4.79 Å². The van der Waals surface area contributed by atoms with Crippen LogP contribution in [-0.2, 0) is 17.9 Å². The molecule has 1 aliphatic rings. The quantitative estimate of drug-likeness (QED) is 0.271. The molecule has 8 heteroatoms. The fraction of sp³-hybridized carbons (Fsp3) is 0.154. The van der Waals surface area contributed by atoms with Gasteiger partial charge in [0.2, 0.25) is 0 Å². The van der Waals surface area contributed by atoms with Gasteiger partial charge in [-0.25, -0.2) is 0 Å². The molecule has 1 saturated heterocycles. The summed E-state index contributed by atoms with van der Waals surface area (Å²) in [6, 6.07) is 20.6. The molecule has 1 heterocycles. The Morgan fingerprint density at radius 1 is 1.00 bits per heavy atom. The van der Waals surface area contributed by atoms with Crippen LogP contribution in [0.15, 0.2) is 76.1 Å². The Kier molecular flexibility index (Phi) is 7.98. The lowest BCUT2D eigenvalue weighted by molar-refractivity contribution is -0.123. The number of ether oxygens (including phenoxy) is 2. The number of carbonyl (C=O) groups is 2. The SMILES string of the molecule is CCOc1cc(/C=C2\SC(=O)N(Cc3cccc(Cl)c3)C2=O)cc(Br)c1OCc1ccccc1. The highest BCUT2D eigenvalue weighted by atomic mass is 79.9. The van der Waals surface area contributed by atoms with Crippen LogP contribution < -0.4 is 9.47 Å². The maximum absolute atomic E-state index is 12.9. The van der Waals surface area contributed by atoms with Crippen molar-refractivity contribution in [2.45, 2.75) is 20.1 Å². The van der Waals surface area contributed by atoms with Crippen LogP contribution in [0.2, 0.25) is 5.02 Å². The maximum atomic E-state index is 12.9. The second kappa shape index (κ2) is 11.1. The summed E-state index contributed by atoms with van der Waals surface area (Å²) in [6.45, 7) is 2.90. The summed E-state index contributed by atoms with van der Waals surface area (Å²) in [5.74, 6) is 0.794. The molecule has 0 aromatic heterocycles. The van der Waals surface area contributed by atoms with Gasteiger partial charge in [-0.2, -0.15) is 0 Å². The Bertz CT molecular complexity index is 1250. The highest BCUT2D eigenvalue weighted by molar-refractivity contribution is 9.10. The lowest BCUT2D eigenvalue weighted by Crippen LogP contribution is -2.27. The highest BCUT2D eigenvalue weighted by Crippen LogP contribution is 2.40. The van der Waals surface area contributed by atoms with Gasteiger partial charge >= 0.3 is 0 Å². The van der Waals surface area contributed by atoms with E-state index in [-0.39, 0.29) is 17.7 Å². The second-order valence-electron chi connectivity index (χ2n) is 7.44. The average Bonchev–Trinajstić information content (AvgIpc) is 3.07. The van der Waals surface area contributed by atoms with Crippen molar-refractivity contribution in [3.63, 3.8) is 0 Å². The number of halogens is 2. The number of imide groups is 1. The third-order valence-corrected chi connectivity index (χ3v) is 6.69. The van der Waals surface area contributed by atoms with Crippen LogP contribution in [-0.4, -0.2) is 22.7 Å². The minimum absolute atomic E-state index is 0.169. The zero-order chi connectivity index (χ0) is 24.1. The number of carbonyl (C=O) groups excluding carboxylic acids is 2. The van der Waals surface area contributed by atoms with E-state index in [4.69, 9.17) is 21.1 Å². The number of thioether (sulfide) groups is 1. The molecule has 0 bridgehead atoms. The zero-order valence-electron chi connectivity index (χ0n) is 18.3. The van der Waals surface area contributed by atoms with E-state index >= 15 is 0 Å². The molecule has 0 saturated carbocycles. The summed E-state index contributed by atoms with van der Waals surface area (Å²) in [5.41, 5.74) is 2.54. The molecule has 0 radical (unpaired) electrons. The van der Waals surface area contributed by atoms with Gasteiger partial charge in [-0.1, -0.05) is 54.1 Å². The van der Waals surface area contributed by atoms with Crippen LogP contribution in [0.25, 0.3) is 6.08 Å². The van der Waals surface area contributed by atoms with Crippen molar-refractivity contribution in [3.8, 4) is 11.5 Å². The Morgan fingerprint density at radius 2 is 1.76 bits per heavy atom. The van der Waals surface area contributed by atoms with Crippen molar-refractivity contribution < 1.29 is 19.1 Å². The number of rotatable bonds is 8. The molecule has 4 rings (SSSR count). The second-order valence-corrected chi connectivity index (χ2v) is 9.72. The normalized spacial score (nSPS) is 14.7. The molecule has 0 aliphatic carbocycles. The Labute approximate surface area is 215 Å². The van der Waals surface area contributed by atoms with Crippen molar-refractivity contribution in [2.24, 2.45) is 0 Å². The predicted molar refractivity (Wildman–Crippen MR) is 139 cm³/mol. The van der Waals surface area contributed by atoms with Crippen LogP contribution in [0.3, 0.4) is 0 Å². The van der Waals surface area contributed by atoms with E-state index in [9.17, 15) is 9.59 Å². The average molecular weight is 559 g/mol. The highest BCUT2D eigenvalue weighted by Gasteiger charge is 2.35. The van der Waals surface area contributed by atoms with Gasteiger partial charge in [0.05, 0.1) is 22.5 Å². The molecule has 2 amide bonds. The van der Waals surface area contributed by atoms with E-state index in [0.29, 0.717) is 39.1 Å². The molecule has 0 unspecified atom stereocenters. The monoisotopic (exact) mass is 557 g/mol. The van der Waals surface area contributed by atoms with Crippen molar-refractivity contribution in [1.29, 1.82) is 0 Å². The molecule has 0 atom stereocenters. The first-order valence-corrected chi connectivity index (χ1v) is 12.6. The number of hydrogen-bond acceptors (Lipinski definition) is 5. The maximum Gasteiger partial charge on any atom is 0.293 e. The topological polar surface area (TPSA) is 55.8 Å². The minimum atomic E-state index is -0.339. The van der Waals surface area contributed by atoms with E-state index in [1.54, 1.807) is 30.3 Å². The van der Waals surface area contributed by atoms with Gasteiger partial charge in [0.15, 0.2) is 11.5 Å². The molecule has 5 nitrogen and oxygen atoms in total. The smallest absolute Gasteiger partial charge is 0.293 e. The van der Waals surface area contributed by atoms with Crippen LogP contribution in [0, 0.1) is 0 Å². The van der Waals surface area contributed by atoms with Gasteiger partial charge in [0.1, 0.15) is 6.61 Å². The Morgan fingerprint density at radius 3 is 2.50 bits per heavy atom. The number of hydrogen-bond donors (Lipinski definition) is 0. The predicted octanol–water partition coefficient (Wildman–Crippen LogP) is 7.32. The van der Waals surface area contributed by atoms with Gasteiger partial charge < -0.3 is 9.47 Å². The Balaban J connectivity index is 1.55. The van der Waals surface area contributed by atoms with Crippen molar-refractivity contribution >= 4 is 56.5 Å². The standard InChI is InChI=1S/C26H21BrClNO4S/c1-2-32-22-13-19(12-21(27)24(22)33-16-17-7-4-3-5-8-17)14-23-25(30)29(26(31)34-23)15-18-9-6-10-20(28)11-18/h3-14H,2,15-16H2,1H3/b23-14-. The summed E-state index contributed by atoms with van der Waals surface area (Å²) >= 11 is 10.5. The van der Waals surface area contributed by atoms with Gasteiger partial charge in [0, 0.05) is 5.02 Å². The van der Waals surface area contributed by atoms with E-state index in [2.05, 4.69) is 15.9 Å². The fourth-order valence-electron chi connectivity index (χ4n) is 3.41. The zero-order valence-corrected chi connectivity index (χ0v) is 21.5. The van der Waals surface area contributed by atoms with Crippen LogP contribution in [0.5, 0.6) is 11.5 Å². The molecule has 0 N–H and O–H groups in total. The van der Waals surface area contributed by atoms with Crippen molar-refractivity contribution in [3.05, 3.63) is 97.8 Å². The summed E-state index contributed by atoms with van der Waals surface area (Å²) in [7, 11) is 0. The molecule has 0 spiro atoms. The first-order valence-electron chi connectivity index (χ1n) is 10.6. The lowest BCUT2D eigenvalue weighted by Gasteiger charge is -2.15. The Hall–Kier alpha value is -2.74. The van der Waals surface area contributed by atoms with Crippen molar-refractivity contribution in [2.75, 3.05) is 6.61 Å².